The van der Waals surface area contributed by atoms with Crippen molar-refractivity contribution in [3.05, 3.63) is 34.4 Å². The van der Waals surface area contributed by atoms with Crippen molar-refractivity contribution in [2.24, 2.45) is 21.6 Å². The molecule has 0 saturated carbocycles. The lowest BCUT2D eigenvalue weighted by atomic mass is 9.70. The topological polar surface area (TPSA) is 71.3 Å². The molecule has 0 N–H and O–H groups in total. The van der Waals surface area contributed by atoms with Crippen molar-refractivity contribution >= 4 is 23.1 Å². The van der Waals surface area contributed by atoms with Gasteiger partial charge in [0.15, 0.2) is 5.78 Å². The molecule has 2 aliphatic rings. The highest BCUT2D eigenvalue weighted by Crippen LogP contribution is 2.44. The van der Waals surface area contributed by atoms with Gasteiger partial charge in [-0.15, -0.1) is 0 Å². The lowest BCUT2D eigenvalue weighted by molar-refractivity contribution is -0.129. The molecule has 3 rings (SSSR count). The van der Waals surface area contributed by atoms with Gasteiger partial charge >= 0.3 is 0 Å². The number of rotatable bonds is 3. The van der Waals surface area contributed by atoms with Crippen molar-refractivity contribution in [3.8, 4) is 0 Å². The zero-order valence-electron chi connectivity index (χ0n) is 17.3. The van der Waals surface area contributed by atoms with Gasteiger partial charge in [-0.05, 0) is 45.7 Å². The fraction of sp³-hybridized carbons (Fsp3) is 0.524. The lowest BCUT2D eigenvalue weighted by Crippen LogP contribution is -2.41. The minimum Gasteiger partial charge on any atom is -0.389 e. The molecule has 2 heterocycles. The summed E-state index contributed by atoms with van der Waals surface area (Å²) >= 11 is 0. The molecule has 0 aliphatic carbocycles. The highest BCUT2D eigenvalue weighted by molar-refractivity contribution is 6.27. The third-order valence-electron chi connectivity index (χ3n) is 6.19. The average molecular weight is 369 g/mol. The molecular formula is C21H27N3O3. The number of hydrogen-bond donors (Lipinski definition) is 0. The van der Waals surface area contributed by atoms with Crippen LogP contribution in [-0.4, -0.2) is 40.8 Å². The second kappa shape index (κ2) is 6.01. The number of benzene rings is 1. The summed E-state index contributed by atoms with van der Waals surface area (Å²) in [4.78, 5) is 31.3. The Labute approximate surface area is 160 Å². The molecule has 0 spiro atoms. The average Bonchev–Trinajstić information content (AvgIpc) is 2.93. The van der Waals surface area contributed by atoms with Gasteiger partial charge in [-0.2, -0.15) is 5.10 Å². The maximum absolute atomic E-state index is 13.2. The smallest absolute Gasteiger partial charge is 0.259 e. The number of carbonyl (C=O) groups excluding carboxylic acids is 2. The standard InChI is InChI=1S/C21H27N3O3/c1-11-9-10-14(17(25)16-13(3)22-24(8)19(16)26)12(2)15(11)18-20(4,5)21(6,7)27-23-18/h9-10,16H,1-8H3. The van der Waals surface area contributed by atoms with Gasteiger partial charge in [0.25, 0.3) is 5.91 Å². The first-order chi connectivity index (χ1) is 12.4. The predicted octanol–water partition coefficient (Wildman–Crippen LogP) is 3.49. The molecular weight excluding hydrogens is 342 g/mol. The van der Waals surface area contributed by atoms with Gasteiger partial charge in [-0.25, -0.2) is 5.01 Å². The summed E-state index contributed by atoms with van der Waals surface area (Å²) in [7, 11) is 1.57. The van der Waals surface area contributed by atoms with E-state index >= 15 is 0 Å². The van der Waals surface area contributed by atoms with E-state index in [1.807, 2.05) is 33.8 Å². The monoisotopic (exact) mass is 369 g/mol. The van der Waals surface area contributed by atoms with Crippen LogP contribution in [0.15, 0.2) is 22.4 Å². The molecule has 0 saturated heterocycles. The Morgan fingerprint density at radius 1 is 1.15 bits per heavy atom. The van der Waals surface area contributed by atoms with Crippen LogP contribution in [0.1, 0.15) is 61.7 Å². The van der Waals surface area contributed by atoms with Gasteiger partial charge in [0, 0.05) is 18.2 Å². The number of aryl methyl sites for hydroxylation is 1. The molecule has 1 unspecified atom stereocenters. The van der Waals surface area contributed by atoms with E-state index in [1.165, 1.54) is 5.01 Å². The number of hydrazone groups is 1. The largest absolute Gasteiger partial charge is 0.389 e. The van der Waals surface area contributed by atoms with Gasteiger partial charge in [0.05, 0.1) is 16.8 Å². The number of hydrogen-bond acceptors (Lipinski definition) is 5. The second-order valence-electron chi connectivity index (χ2n) is 8.50. The van der Waals surface area contributed by atoms with E-state index in [0.29, 0.717) is 11.3 Å². The van der Waals surface area contributed by atoms with Crippen molar-refractivity contribution in [2.45, 2.75) is 54.1 Å². The molecule has 144 valence electrons. The third kappa shape index (κ3) is 2.69. The number of ketones is 1. The van der Waals surface area contributed by atoms with Crippen LogP contribution < -0.4 is 0 Å². The van der Waals surface area contributed by atoms with Crippen LogP contribution in [0, 0.1) is 25.2 Å². The first-order valence-corrected chi connectivity index (χ1v) is 9.14. The molecule has 2 aliphatic heterocycles. The van der Waals surface area contributed by atoms with Crippen LogP contribution in [0.25, 0.3) is 0 Å². The van der Waals surface area contributed by atoms with Gasteiger partial charge in [-0.1, -0.05) is 31.1 Å². The number of carbonyl (C=O) groups is 2. The predicted molar refractivity (Wildman–Crippen MR) is 105 cm³/mol. The maximum atomic E-state index is 13.2. The quantitative estimate of drug-likeness (QED) is 0.605. The molecule has 1 amide bonds. The van der Waals surface area contributed by atoms with Crippen LogP contribution in [0.3, 0.4) is 0 Å². The second-order valence-corrected chi connectivity index (χ2v) is 8.50. The van der Waals surface area contributed by atoms with Crippen LogP contribution in [-0.2, 0) is 9.63 Å². The van der Waals surface area contributed by atoms with Gasteiger partial charge in [-0.3, -0.25) is 9.59 Å². The summed E-state index contributed by atoms with van der Waals surface area (Å²) in [6, 6.07) is 3.71. The molecule has 0 fully saturated rings. The molecule has 1 aromatic carbocycles. The van der Waals surface area contributed by atoms with Gasteiger partial charge in [0.1, 0.15) is 11.5 Å². The van der Waals surface area contributed by atoms with E-state index in [4.69, 9.17) is 4.84 Å². The van der Waals surface area contributed by atoms with E-state index in [2.05, 4.69) is 24.1 Å². The van der Waals surface area contributed by atoms with Gasteiger partial charge in [0.2, 0.25) is 0 Å². The summed E-state index contributed by atoms with van der Waals surface area (Å²) in [5.41, 5.74) is 3.88. The number of amides is 1. The molecule has 1 atom stereocenters. The van der Waals surface area contributed by atoms with Crippen molar-refractivity contribution in [1.29, 1.82) is 0 Å². The van der Waals surface area contributed by atoms with Gasteiger partial charge < -0.3 is 4.84 Å². The highest BCUT2D eigenvalue weighted by Gasteiger charge is 2.50. The van der Waals surface area contributed by atoms with Crippen molar-refractivity contribution in [3.63, 3.8) is 0 Å². The van der Waals surface area contributed by atoms with Crippen molar-refractivity contribution in [1.82, 2.24) is 5.01 Å². The SMILES string of the molecule is CC1=NN(C)C(=O)C1C(=O)c1ccc(C)c(C2=NOC(C)(C)C2(C)C)c1C. The Morgan fingerprint density at radius 3 is 2.26 bits per heavy atom. The summed E-state index contributed by atoms with van der Waals surface area (Å²) in [5.74, 6) is -1.36. The van der Waals surface area contributed by atoms with E-state index in [0.717, 1.165) is 22.4 Å². The molecule has 27 heavy (non-hydrogen) atoms. The van der Waals surface area contributed by atoms with Crippen LogP contribution >= 0.6 is 0 Å². The Morgan fingerprint density at radius 2 is 1.78 bits per heavy atom. The minimum atomic E-state index is -0.851. The van der Waals surface area contributed by atoms with Crippen molar-refractivity contribution < 1.29 is 14.4 Å². The Kier molecular flexibility index (Phi) is 4.29. The normalized spacial score (nSPS) is 23.2. The Bertz CT molecular complexity index is 909. The van der Waals surface area contributed by atoms with Crippen LogP contribution in [0.5, 0.6) is 0 Å². The van der Waals surface area contributed by atoms with E-state index in [-0.39, 0.29) is 17.1 Å². The Hall–Kier alpha value is -2.50. The lowest BCUT2D eigenvalue weighted by Gasteiger charge is -2.33. The third-order valence-corrected chi connectivity index (χ3v) is 6.19. The maximum Gasteiger partial charge on any atom is 0.259 e. The summed E-state index contributed by atoms with van der Waals surface area (Å²) < 4.78 is 0. The first kappa shape index (κ1) is 19.3. The van der Waals surface area contributed by atoms with E-state index < -0.39 is 11.5 Å². The van der Waals surface area contributed by atoms with E-state index in [1.54, 1.807) is 20.0 Å². The number of Topliss-reactive ketones (excluding diaryl/α,β-unsaturated/α-hetero) is 1. The fourth-order valence-corrected chi connectivity index (χ4v) is 3.68. The first-order valence-electron chi connectivity index (χ1n) is 9.14. The zero-order chi connectivity index (χ0) is 20.3. The van der Waals surface area contributed by atoms with E-state index in [9.17, 15) is 9.59 Å². The highest BCUT2D eigenvalue weighted by atomic mass is 16.7. The molecule has 0 radical (unpaired) electrons. The molecule has 0 aromatic heterocycles. The summed E-state index contributed by atoms with van der Waals surface area (Å²) in [6.07, 6.45) is 0. The zero-order valence-corrected chi connectivity index (χ0v) is 17.3. The van der Waals surface area contributed by atoms with Crippen LogP contribution in [0.4, 0.5) is 0 Å². The molecule has 6 heteroatoms. The summed E-state index contributed by atoms with van der Waals surface area (Å²) in [5, 5.41) is 9.74. The number of oxime groups is 1. The minimum absolute atomic E-state index is 0.221. The Balaban J connectivity index is 2.10. The van der Waals surface area contributed by atoms with Crippen LogP contribution in [0.2, 0.25) is 0 Å². The molecule has 6 nitrogen and oxygen atoms in total. The van der Waals surface area contributed by atoms with Crippen molar-refractivity contribution in [2.75, 3.05) is 7.05 Å². The summed E-state index contributed by atoms with van der Waals surface area (Å²) in [6.45, 7) is 13.8. The molecule has 0 bridgehead atoms. The number of nitrogens with zero attached hydrogens (tertiary/aromatic N) is 3. The molecule has 1 aromatic rings. The fourth-order valence-electron chi connectivity index (χ4n) is 3.68.